The van der Waals surface area contributed by atoms with Crippen LogP contribution in [-0.4, -0.2) is 56.1 Å². The lowest BCUT2D eigenvalue weighted by Gasteiger charge is -2.40. The molecule has 0 aromatic carbocycles. The number of hydrogen-bond acceptors (Lipinski definition) is 3. The molecule has 0 atom stereocenters. The molecule has 0 aromatic heterocycles. The molecular formula is C16H33N3. The molecule has 19 heavy (non-hydrogen) atoms. The van der Waals surface area contributed by atoms with Crippen LogP contribution in [0, 0.1) is 5.41 Å². The first kappa shape index (κ1) is 15.3. The molecule has 1 saturated heterocycles. The van der Waals surface area contributed by atoms with Crippen molar-refractivity contribution in [2.45, 2.75) is 57.4 Å². The molecule has 0 aromatic rings. The molecule has 1 saturated carbocycles. The third kappa shape index (κ3) is 4.17. The summed E-state index contributed by atoms with van der Waals surface area (Å²) < 4.78 is 0. The van der Waals surface area contributed by atoms with Crippen molar-refractivity contribution in [3.8, 4) is 0 Å². The van der Waals surface area contributed by atoms with E-state index in [0.29, 0.717) is 5.41 Å². The fourth-order valence-corrected chi connectivity index (χ4v) is 3.91. The van der Waals surface area contributed by atoms with Gasteiger partial charge >= 0.3 is 0 Å². The van der Waals surface area contributed by atoms with Gasteiger partial charge in [0.15, 0.2) is 0 Å². The van der Waals surface area contributed by atoms with Crippen molar-refractivity contribution >= 4 is 0 Å². The zero-order valence-electron chi connectivity index (χ0n) is 13.0. The average molecular weight is 267 g/mol. The maximum atomic E-state index is 6.09. The van der Waals surface area contributed by atoms with Crippen molar-refractivity contribution in [2.24, 2.45) is 11.1 Å². The Bertz CT molecular complexity index is 251. The molecule has 0 radical (unpaired) electrons. The second-order valence-electron chi connectivity index (χ2n) is 7.05. The van der Waals surface area contributed by atoms with E-state index < -0.39 is 0 Å². The number of likely N-dealkylation sites (tertiary alicyclic amines) is 1. The van der Waals surface area contributed by atoms with Crippen molar-refractivity contribution in [3.63, 3.8) is 0 Å². The Morgan fingerprint density at radius 3 is 2.26 bits per heavy atom. The van der Waals surface area contributed by atoms with E-state index in [0.717, 1.165) is 12.6 Å². The lowest BCUT2D eigenvalue weighted by atomic mass is 9.72. The van der Waals surface area contributed by atoms with Gasteiger partial charge < -0.3 is 15.5 Å². The van der Waals surface area contributed by atoms with Gasteiger partial charge in [-0.15, -0.1) is 0 Å². The first-order chi connectivity index (χ1) is 9.15. The topological polar surface area (TPSA) is 32.5 Å². The molecule has 1 aliphatic carbocycles. The number of nitrogens with zero attached hydrogens (tertiary/aromatic N) is 2. The van der Waals surface area contributed by atoms with E-state index in [1.807, 2.05) is 0 Å². The van der Waals surface area contributed by atoms with E-state index in [4.69, 9.17) is 5.73 Å². The first-order valence-electron chi connectivity index (χ1n) is 8.24. The van der Waals surface area contributed by atoms with Crippen LogP contribution in [0.1, 0.15) is 51.4 Å². The first-order valence-corrected chi connectivity index (χ1v) is 8.24. The van der Waals surface area contributed by atoms with Crippen molar-refractivity contribution in [1.82, 2.24) is 9.80 Å². The van der Waals surface area contributed by atoms with Crippen LogP contribution in [0.25, 0.3) is 0 Å². The highest BCUT2D eigenvalue weighted by Gasteiger charge is 2.31. The standard InChI is InChI=1S/C16H33N3/c1-18(2)15-6-11-19(12-7-15)13-10-16(14-17)8-4-3-5-9-16/h15H,3-14,17H2,1-2H3. The largest absolute Gasteiger partial charge is 0.330 e. The molecule has 2 N–H and O–H groups in total. The minimum atomic E-state index is 0.483. The van der Waals surface area contributed by atoms with Crippen LogP contribution in [0.2, 0.25) is 0 Å². The molecule has 1 heterocycles. The molecule has 0 amide bonds. The molecule has 2 rings (SSSR count). The van der Waals surface area contributed by atoms with Crippen LogP contribution in [0.15, 0.2) is 0 Å². The molecule has 1 aliphatic heterocycles. The molecular weight excluding hydrogens is 234 g/mol. The second kappa shape index (κ2) is 7.05. The van der Waals surface area contributed by atoms with Gasteiger partial charge in [-0.2, -0.15) is 0 Å². The summed E-state index contributed by atoms with van der Waals surface area (Å²) in [4.78, 5) is 5.06. The van der Waals surface area contributed by atoms with Gasteiger partial charge in [-0.1, -0.05) is 19.3 Å². The molecule has 3 nitrogen and oxygen atoms in total. The van der Waals surface area contributed by atoms with E-state index in [1.54, 1.807) is 0 Å². The van der Waals surface area contributed by atoms with Crippen molar-refractivity contribution in [2.75, 3.05) is 40.3 Å². The molecule has 0 spiro atoms. The van der Waals surface area contributed by atoms with Crippen LogP contribution in [0.5, 0.6) is 0 Å². The molecule has 2 aliphatic rings. The van der Waals surface area contributed by atoms with E-state index in [2.05, 4.69) is 23.9 Å². The van der Waals surface area contributed by atoms with Gasteiger partial charge in [0.05, 0.1) is 0 Å². The van der Waals surface area contributed by atoms with Crippen LogP contribution < -0.4 is 5.73 Å². The molecule has 3 heteroatoms. The predicted octanol–water partition coefficient (Wildman–Crippen LogP) is 2.31. The molecule has 112 valence electrons. The van der Waals surface area contributed by atoms with Crippen molar-refractivity contribution in [1.29, 1.82) is 0 Å². The van der Waals surface area contributed by atoms with Crippen LogP contribution >= 0.6 is 0 Å². The fourth-order valence-electron chi connectivity index (χ4n) is 3.91. The molecule has 0 bridgehead atoms. The fraction of sp³-hybridized carbons (Fsp3) is 1.00. The number of rotatable bonds is 5. The van der Waals surface area contributed by atoms with E-state index >= 15 is 0 Å². The predicted molar refractivity (Wildman–Crippen MR) is 82.3 cm³/mol. The van der Waals surface area contributed by atoms with Gasteiger partial charge in [0.1, 0.15) is 0 Å². The Morgan fingerprint density at radius 1 is 1.11 bits per heavy atom. The Balaban J connectivity index is 1.73. The van der Waals surface area contributed by atoms with E-state index in [-0.39, 0.29) is 0 Å². The average Bonchev–Trinajstić information content (AvgIpc) is 2.46. The summed E-state index contributed by atoms with van der Waals surface area (Å²) in [6.45, 7) is 4.74. The van der Waals surface area contributed by atoms with Gasteiger partial charge in [0.2, 0.25) is 0 Å². The highest BCUT2D eigenvalue weighted by molar-refractivity contribution is 4.86. The van der Waals surface area contributed by atoms with Gasteiger partial charge in [0.25, 0.3) is 0 Å². The lowest BCUT2D eigenvalue weighted by molar-refractivity contribution is 0.109. The zero-order chi connectivity index (χ0) is 13.7. The summed E-state index contributed by atoms with van der Waals surface area (Å²) in [6.07, 6.45) is 11.0. The Morgan fingerprint density at radius 2 is 1.74 bits per heavy atom. The highest BCUT2D eigenvalue weighted by atomic mass is 15.2. The number of piperidine rings is 1. The van der Waals surface area contributed by atoms with Gasteiger partial charge in [-0.25, -0.2) is 0 Å². The summed E-state index contributed by atoms with van der Waals surface area (Å²) in [5.74, 6) is 0. The lowest BCUT2D eigenvalue weighted by Crippen LogP contribution is -2.44. The SMILES string of the molecule is CN(C)C1CCN(CCC2(CN)CCCCC2)CC1. The summed E-state index contributed by atoms with van der Waals surface area (Å²) in [5, 5.41) is 0. The Labute approximate surface area is 119 Å². The highest BCUT2D eigenvalue weighted by Crippen LogP contribution is 2.38. The van der Waals surface area contributed by atoms with Gasteiger partial charge in [-0.05, 0) is 77.8 Å². The smallest absolute Gasteiger partial charge is 0.0113 e. The number of hydrogen-bond donors (Lipinski definition) is 1. The van der Waals surface area contributed by atoms with Crippen molar-refractivity contribution < 1.29 is 0 Å². The van der Waals surface area contributed by atoms with Crippen LogP contribution in [0.3, 0.4) is 0 Å². The van der Waals surface area contributed by atoms with E-state index in [1.165, 1.54) is 71.0 Å². The summed E-state index contributed by atoms with van der Waals surface area (Å²) in [7, 11) is 4.43. The minimum Gasteiger partial charge on any atom is -0.330 e. The monoisotopic (exact) mass is 267 g/mol. The summed E-state index contributed by atoms with van der Waals surface area (Å²) in [5.41, 5.74) is 6.57. The second-order valence-corrected chi connectivity index (χ2v) is 7.05. The molecule has 0 unspecified atom stereocenters. The third-order valence-electron chi connectivity index (χ3n) is 5.59. The quantitative estimate of drug-likeness (QED) is 0.830. The summed E-state index contributed by atoms with van der Waals surface area (Å²) >= 11 is 0. The van der Waals surface area contributed by atoms with Crippen LogP contribution in [-0.2, 0) is 0 Å². The number of nitrogens with two attached hydrogens (primary N) is 1. The van der Waals surface area contributed by atoms with Crippen molar-refractivity contribution in [3.05, 3.63) is 0 Å². The Hall–Kier alpha value is -0.120. The minimum absolute atomic E-state index is 0.483. The zero-order valence-corrected chi connectivity index (χ0v) is 13.0. The maximum Gasteiger partial charge on any atom is 0.0113 e. The van der Waals surface area contributed by atoms with Gasteiger partial charge in [-0.3, -0.25) is 0 Å². The normalized spacial score (nSPS) is 25.9. The van der Waals surface area contributed by atoms with Crippen LogP contribution in [0.4, 0.5) is 0 Å². The maximum absolute atomic E-state index is 6.09. The van der Waals surface area contributed by atoms with E-state index in [9.17, 15) is 0 Å². The third-order valence-corrected chi connectivity index (χ3v) is 5.59. The van der Waals surface area contributed by atoms with Gasteiger partial charge in [0, 0.05) is 6.04 Å². The molecule has 2 fully saturated rings. The Kier molecular flexibility index (Phi) is 5.67. The summed E-state index contributed by atoms with van der Waals surface area (Å²) in [6, 6.07) is 0.800.